The molecule has 0 radical (unpaired) electrons. The summed E-state index contributed by atoms with van der Waals surface area (Å²) in [5, 5.41) is 21.0. The lowest BCUT2D eigenvalue weighted by molar-refractivity contribution is -0.384. The second-order valence-electron chi connectivity index (χ2n) is 7.47. The molecule has 2 atom stereocenters. The van der Waals surface area contributed by atoms with Crippen LogP contribution in [0.3, 0.4) is 0 Å². The van der Waals surface area contributed by atoms with Gasteiger partial charge in [0.15, 0.2) is 0 Å². The third-order valence-corrected chi connectivity index (χ3v) is 5.90. The molecule has 0 saturated carbocycles. The van der Waals surface area contributed by atoms with E-state index in [0.717, 1.165) is 32.6 Å². The fourth-order valence-electron chi connectivity index (χ4n) is 4.48. The van der Waals surface area contributed by atoms with Crippen molar-refractivity contribution < 1.29 is 14.8 Å². The van der Waals surface area contributed by atoms with Crippen LogP contribution in [0.2, 0.25) is 0 Å². The topological polar surface area (TPSA) is 90.2 Å². The van der Waals surface area contributed by atoms with Crippen molar-refractivity contribution >= 4 is 23.0 Å². The lowest BCUT2D eigenvalue weighted by Gasteiger charge is -2.40. The van der Waals surface area contributed by atoms with E-state index in [-0.39, 0.29) is 11.7 Å². The lowest BCUT2D eigenvalue weighted by atomic mass is 10.1. The molecular formula is C21H24N4O4. The first kappa shape index (κ1) is 19.2. The minimum absolute atomic E-state index is 0.0217. The average molecular weight is 396 g/mol. The minimum atomic E-state index is -0.885. The molecule has 1 unspecified atom stereocenters. The Hall–Kier alpha value is -3.13. The molecule has 2 aromatic carbocycles. The van der Waals surface area contributed by atoms with Crippen LogP contribution >= 0.6 is 0 Å². The van der Waals surface area contributed by atoms with Gasteiger partial charge in [-0.1, -0.05) is 24.3 Å². The quantitative estimate of drug-likeness (QED) is 0.613. The van der Waals surface area contributed by atoms with Gasteiger partial charge in [-0.3, -0.25) is 15.0 Å². The molecule has 2 aliphatic rings. The van der Waals surface area contributed by atoms with Crippen LogP contribution in [-0.4, -0.2) is 65.7 Å². The molecule has 2 aliphatic heterocycles. The maximum atomic E-state index is 12.1. The first-order chi connectivity index (χ1) is 14.0. The molecule has 2 fully saturated rings. The number of piperazine rings is 1. The Kier molecular flexibility index (Phi) is 5.35. The molecule has 0 aromatic heterocycles. The van der Waals surface area contributed by atoms with E-state index in [1.807, 2.05) is 18.2 Å². The Morgan fingerprint density at radius 3 is 2.31 bits per heavy atom. The zero-order valence-corrected chi connectivity index (χ0v) is 16.1. The monoisotopic (exact) mass is 396 g/mol. The summed E-state index contributed by atoms with van der Waals surface area (Å²) in [6, 6.07) is 15.7. The SMILES string of the molecule is O=C(O)[C@@H]1C(N2CCN(c3ccccc3)CC2)CCN1c1cccc([N+](=O)[O-])c1. The number of anilines is 2. The van der Waals surface area contributed by atoms with E-state index in [1.54, 1.807) is 17.0 Å². The van der Waals surface area contributed by atoms with Crippen LogP contribution in [0.4, 0.5) is 17.1 Å². The van der Waals surface area contributed by atoms with Gasteiger partial charge >= 0.3 is 5.97 Å². The van der Waals surface area contributed by atoms with E-state index in [4.69, 9.17) is 0 Å². The summed E-state index contributed by atoms with van der Waals surface area (Å²) in [7, 11) is 0. The summed E-state index contributed by atoms with van der Waals surface area (Å²) in [5.41, 5.74) is 1.76. The van der Waals surface area contributed by atoms with Gasteiger partial charge in [0, 0.05) is 62.3 Å². The van der Waals surface area contributed by atoms with E-state index in [2.05, 4.69) is 21.9 Å². The molecule has 4 rings (SSSR count). The standard InChI is InChI=1S/C21H24N4O4/c26-21(27)20-19(9-10-24(20)17-7-4-8-18(15-17)25(28)29)23-13-11-22(12-14-23)16-5-2-1-3-6-16/h1-8,15,19-20H,9-14H2,(H,26,27)/t19?,20-/m0/s1. The van der Waals surface area contributed by atoms with Gasteiger partial charge < -0.3 is 14.9 Å². The summed E-state index contributed by atoms with van der Waals surface area (Å²) in [6.45, 7) is 3.87. The van der Waals surface area contributed by atoms with E-state index in [9.17, 15) is 20.0 Å². The van der Waals surface area contributed by atoms with Crippen LogP contribution in [0.5, 0.6) is 0 Å². The number of carboxylic acid groups (broad SMARTS) is 1. The number of nitrogens with zero attached hydrogens (tertiary/aromatic N) is 4. The van der Waals surface area contributed by atoms with E-state index in [1.165, 1.54) is 17.8 Å². The smallest absolute Gasteiger partial charge is 0.327 e. The summed E-state index contributed by atoms with van der Waals surface area (Å²) >= 11 is 0. The van der Waals surface area contributed by atoms with Crippen molar-refractivity contribution in [2.45, 2.75) is 18.5 Å². The highest BCUT2D eigenvalue weighted by molar-refractivity contribution is 5.80. The van der Waals surface area contributed by atoms with Gasteiger partial charge in [-0.05, 0) is 24.6 Å². The van der Waals surface area contributed by atoms with E-state index in [0.29, 0.717) is 12.2 Å². The van der Waals surface area contributed by atoms with Crippen molar-refractivity contribution in [2.75, 3.05) is 42.5 Å². The summed E-state index contributed by atoms with van der Waals surface area (Å²) in [4.78, 5) is 29.2. The van der Waals surface area contributed by atoms with Gasteiger partial charge in [-0.15, -0.1) is 0 Å². The Morgan fingerprint density at radius 1 is 0.966 bits per heavy atom. The van der Waals surface area contributed by atoms with E-state index < -0.39 is 16.9 Å². The highest BCUT2D eigenvalue weighted by atomic mass is 16.6. The second kappa shape index (κ2) is 8.08. The molecular weight excluding hydrogens is 372 g/mol. The van der Waals surface area contributed by atoms with Gasteiger partial charge in [0.2, 0.25) is 0 Å². The number of nitro benzene ring substituents is 1. The van der Waals surface area contributed by atoms with Crippen molar-refractivity contribution in [1.82, 2.24) is 4.90 Å². The molecule has 0 aliphatic carbocycles. The minimum Gasteiger partial charge on any atom is -0.480 e. The van der Waals surface area contributed by atoms with Gasteiger partial charge in [0.1, 0.15) is 6.04 Å². The van der Waals surface area contributed by atoms with Crippen molar-refractivity contribution in [3.05, 3.63) is 64.7 Å². The highest BCUT2D eigenvalue weighted by Crippen LogP contribution is 2.32. The number of nitro groups is 1. The van der Waals surface area contributed by atoms with E-state index >= 15 is 0 Å². The largest absolute Gasteiger partial charge is 0.480 e. The Bertz CT molecular complexity index is 883. The molecule has 152 valence electrons. The van der Waals surface area contributed by atoms with Gasteiger partial charge in [-0.25, -0.2) is 4.79 Å². The van der Waals surface area contributed by atoms with Crippen LogP contribution in [-0.2, 0) is 4.79 Å². The van der Waals surface area contributed by atoms with Crippen molar-refractivity contribution in [3.8, 4) is 0 Å². The van der Waals surface area contributed by atoms with Gasteiger partial charge in [0.05, 0.1) is 4.92 Å². The number of para-hydroxylation sites is 1. The maximum absolute atomic E-state index is 12.1. The summed E-state index contributed by atoms with van der Waals surface area (Å²) < 4.78 is 0. The molecule has 2 heterocycles. The zero-order valence-electron chi connectivity index (χ0n) is 16.1. The number of carbonyl (C=O) groups is 1. The predicted octanol–water partition coefficient (Wildman–Crippen LogP) is 2.45. The predicted molar refractivity (Wildman–Crippen MR) is 110 cm³/mol. The Balaban J connectivity index is 1.48. The molecule has 0 spiro atoms. The third-order valence-electron chi connectivity index (χ3n) is 5.90. The van der Waals surface area contributed by atoms with Gasteiger partial charge in [-0.2, -0.15) is 0 Å². The molecule has 29 heavy (non-hydrogen) atoms. The molecule has 8 nitrogen and oxygen atoms in total. The van der Waals surface area contributed by atoms with Crippen molar-refractivity contribution in [3.63, 3.8) is 0 Å². The normalized spacial score (nSPS) is 22.6. The average Bonchev–Trinajstić information content (AvgIpc) is 3.20. The molecule has 2 saturated heterocycles. The lowest BCUT2D eigenvalue weighted by Crippen LogP contribution is -2.56. The fraction of sp³-hybridized carbons (Fsp3) is 0.381. The fourth-order valence-corrected chi connectivity index (χ4v) is 4.48. The van der Waals surface area contributed by atoms with Crippen molar-refractivity contribution in [2.24, 2.45) is 0 Å². The summed E-state index contributed by atoms with van der Waals surface area (Å²) in [6.07, 6.45) is 0.727. The Morgan fingerprint density at radius 2 is 1.66 bits per heavy atom. The Labute approximate surface area is 169 Å². The number of non-ortho nitro benzene ring substituents is 1. The summed E-state index contributed by atoms with van der Waals surface area (Å²) in [5.74, 6) is -0.885. The second-order valence-corrected chi connectivity index (χ2v) is 7.47. The molecule has 0 bridgehead atoms. The van der Waals surface area contributed by atoms with Crippen LogP contribution in [0.15, 0.2) is 54.6 Å². The first-order valence-corrected chi connectivity index (χ1v) is 9.82. The van der Waals surface area contributed by atoms with Crippen LogP contribution < -0.4 is 9.80 Å². The van der Waals surface area contributed by atoms with Crippen LogP contribution in [0.25, 0.3) is 0 Å². The molecule has 2 aromatic rings. The number of benzene rings is 2. The number of rotatable bonds is 5. The van der Waals surface area contributed by atoms with Gasteiger partial charge in [0.25, 0.3) is 5.69 Å². The highest BCUT2D eigenvalue weighted by Gasteiger charge is 2.43. The molecule has 1 N–H and O–H groups in total. The third kappa shape index (κ3) is 3.88. The number of aliphatic carboxylic acids is 1. The number of hydrogen-bond acceptors (Lipinski definition) is 6. The zero-order chi connectivity index (χ0) is 20.4. The van der Waals surface area contributed by atoms with Crippen LogP contribution in [0, 0.1) is 10.1 Å². The van der Waals surface area contributed by atoms with Crippen molar-refractivity contribution in [1.29, 1.82) is 0 Å². The van der Waals surface area contributed by atoms with Crippen LogP contribution in [0.1, 0.15) is 6.42 Å². The maximum Gasteiger partial charge on any atom is 0.327 e. The molecule has 8 heteroatoms. The first-order valence-electron chi connectivity index (χ1n) is 9.82. The number of hydrogen-bond donors (Lipinski definition) is 1. The number of carboxylic acids is 1. The molecule has 0 amide bonds.